The fraction of sp³-hybridized carbons (Fsp3) is 0.727. The lowest BCUT2D eigenvalue weighted by atomic mass is 10.1. The van der Waals surface area contributed by atoms with Crippen molar-refractivity contribution in [1.82, 2.24) is 14.3 Å². The van der Waals surface area contributed by atoms with E-state index in [1.54, 1.807) is 0 Å². The molecule has 1 aliphatic carbocycles. The fourth-order valence-electron chi connectivity index (χ4n) is 2.31. The van der Waals surface area contributed by atoms with Crippen molar-refractivity contribution in [2.75, 3.05) is 6.54 Å². The molecule has 18 heavy (non-hydrogen) atoms. The number of hydrogen-bond acceptors (Lipinski definition) is 5. The Kier molecular flexibility index (Phi) is 3.51. The summed E-state index contributed by atoms with van der Waals surface area (Å²) < 4.78 is 7.74. The molecule has 0 radical (unpaired) electrons. The van der Waals surface area contributed by atoms with Crippen LogP contribution < -0.4 is 21.7 Å². The van der Waals surface area contributed by atoms with Gasteiger partial charge in [0, 0.05) is 20.0 Å². The second-order valence-electron chi connectivity index (χ2n) is 4.66. The highest BCUT2D eigenvalue weighted by molar-refractivity contribution is 5.03. The molecule has 2 N–H and O–H groups in total. The fourth-order valence-corrected chi connectivity index (χ4v) is 2.31. The van der Waals surface area contributed by atoms with Gasteiger partial charge in [0.2, 0.25) is 0 Å². The first-order valence-corrected chi connectivity index (χ1v) is 6.05. The van der Waals surface area contributed by atoms with Crippen LogP contribution in [0.15, 0.2) is 9.59 Å². The summed E-state index contributed by atoms with van der Waals surface area (Å²) in [4.78, 5) is 23.3. The predicted molar refractivity (Wildman–Crippen MR) is 65.5 cm³/mol. The summed E-state index contributed by atoms with van der Waals surface area (Å²) in [6, 6.07) is 0. The number of ether oxygens (including phenoxy) is 1. The highest BCUT2D eigenvalue weighted by Gasteiger charge is 2.29. The minimum atomic E-state index is -0.499. The van der Waals surface area contributed by atoms with Crippen molar-refractivity contribution >= 4 is 0 Å². The Morgan fingerprint density at radius 3 is 2.78 bits per heavy atom. The monoisotopic (exact) mass is 254 g/mol. The molecular weight excluding hydrogens is 236 g/mol. The van der Waals surface area contributed by atoms with Gasteiger partial charge in [-0.05, 0) is 25.8 Å². The Morgan fingerprint density at radius 1 is 1.39 bits per heavy atom. The number of rotatable bonds is 3. The van der Waals surface area contributed by atoms with Crippen LogP contribution in [0.3, 0.4) is 0 Å². The number of aromatic nitrogens is 3. The summed E-state index contributed by atoms with van der Waals surface area (Å²) in [6.45, 7) is 0.538. The summed E-state index contributed by atoms with van der Waals surface area (Å²) in [5, 5.41) is 3.87. The molecule has 1 aliphatic rings. The van der Waals surface area contributed by atoms with Crippen LogP contribution >= 0.6 is 0 Å². The third kappa shape index (κ3) is 2.17. The first-order chi connectivity index (χ1) is 8.54. The van der Waals surface area contributed by atoms with Crippen LogP contribution in [-0.4, -0.2) is 27.0 Å². The van der Waals surface area contributed by atoms with E-state index in [1.807, 2.05) is 0 Å². The van der Waals surface area contributed by atoms with E-state index in [0.29, 0.717) is 6.54 Å². The van der Waals surface area contributed by atoms with E-state index in [-0.39, 0.29) is 17.9 Å². The van der Waals surface area contributed by atoms with Crippen molar-refractivity contribution in [3.8, 4) is 5.88 Å². The number of nitrogens with two attached hydrogens (primary N) is 1. The van der Waals surface area contributed by atoms with Crippen molar-refractivity contribution in [3.05, 3.63) is 20.8 Å². The maximum Gasteiger partial charge on any atom is 0.347 e. The Hall–Kier alpha value is -1.63. The molecule has 0 saturated heterocycles. The molecule has 1 heterocycles. The van der Waals surface area contributed by atoms with Gasteiger partial charge in [-0.25, -0.2) is 9.48 Å². The van der Waals surface area contributed by atoms with Gasteiger partial charge in [0.15, 0.2) is 0 Å². The molecule has 0 spiro atoms. The van der Waals surface area contributed by atoms with Crippen LogP contribution in [0.2, 0.25) is 0 Å². The Labute approximate surface area is 104 Å². The van der Waals surface area contributed by atoms with Crippen molar-refractivity contribution in [2.24, 2.45) is 25.7 Å². The number of aryl methyl sites for hydroxylation is 1. The Morgan fingerprint density at radius 2 is 2.11 bits per heavy atom. The average Bonchev–Trinajstić information content (AvgIpc) is 2.80. The van der Waals surface area contributed by atoms with E-state index >= 15 is 0 Å². The summed E-state index contributed by atoms with van der Waals surface area (Å²) >= 11 is 0. The molecule has 100 valence electrons. The van der Waals surface area contributed by atoms with Crippen LogP contribution in [0, 0.1) is 5.92 Å². The molecule has 7 heteroatoms. The molecule has 0 amide bonds. The second-order valence-corrected chi connectivity index (χ2v) is 4.66. The minimum Gasteiger partial charge on any atom is -0.469 e. The van der Waals surface area contributed by atoms with E-state index in [2.05, 4.69) is 5.10 Å². The maximum atomic E-state index is 11.9. The van der Waals surface area contributed by atoms with Crippen molar-refractivity contribution in [1.29, 1.82) is 0 Å². The topological polar surface area (TPSA) is 92.1 Å². The minimum absolute atomic E-state index is 0.0232. The van der Waals surface area contributed by atoms with Crippen LogP contribution in [0.4, 0.5) is 0 Å². The van der Waals surface area contributed by atoms with Crippen molar-refractivity contribution in [3.63, 3.8) is 0 Å². The summed E-state index contributed by atoms with van der Waals surface area (Å²) in [5.41, 5.74) is 4.70. The summed E-state index contributed by atoms with van der Waals surface area (Å²) in [7, 11) is 2.90. The van der Waals surface area contributed by atoms with Crippen molar-refractivity contribution < 1.29 is 4.74 Å². The normalized spacial score (nSPS) is 23.3. The lowest BCUT2D eigenvalue weighted by Crippen LogP contribution is -2.40. The largest absolute Gasteiger partial charge is 0.469 e. The van der Waals surface area contributed by atoms with Gasteiger partial charge < -0.3 is 10.5 Å². The molecule has 1 aromatic rings. The first-order valence-electron chi connectivity index (χ1n) is 6.05. The average molecular weight is 254 g/mol. The first kappa shape index (κ1) is 12.8. The highest BCUT2D eigenvalue weighted by Crippen LogP contribution is 2.27. The van der Waals surface area contributed by atoms with E-state index in [4.69, 9.17) is 10.5 Å². The zero-order valence-corrected chi connectivity index (χ0v) is 10.6. The SMILES string of the molecule is Cn1nc(OC2CCCC2CN)c(=O)n(C)c1=O. The zero-order valence-electron chi connectivity index (χ0n) is 10.6. The van der Waals surface area contributed by atoms with E-state index in [9.17, 15) is 9.59 Å². The van der Waals surface area contributed by atoms with Crippen molar-refractivity contribution in [2.45, 2.75) is 25.4 Å². The lowest BCUT2D eigenvalue weighted by molar-refractivity contribution is 0.147. The quantitative estimate of drug-likeness (QED) is 0.745. The van der Waals surface area contributed by atoms with E-state index in [0.717, 1.165) is 28.5 Å². The molecule has 0 bridgehead atoms. The molecule has 1 saturated carbocycles. The highest BCUT2D eigenvalue weighted by atomic mass is 16.5. The molecule has 1 fully saturated rings. The summed E-state index contributed by atoms with van der Waals surface area (Å²) in [6.07, 6.45) is 2.84. The molecule has 0 aromatic carbocycles. The Balaban J connectivity index is 2.30. The van der Waals surface area contributed by atoms with Gasteiger partial charge in [-0.1, -0.05) is 0 Å². The smallest absolute Gasteiger partial charge is 0.347 e. The van der Waals surface area contributed by atoms with Gasteiger partial charge in [0.05, 0.1) is 0 Å². The molecule has 2 atom stereocenters. The third-order valence-electron chi connectivity index (χ3n) is 3.45. The number of nitrogens with zero attached hydrogens (tertiary/aromatic N) is 3. The maximum absolute atomic E-state index is 11.9. The molecule has 2 rings (SSSR count). The van der Waals surface area contributed by atoms with Gasteiger partial charge in [0.25, 0.3) is 5.88 Å². The second kappa shape index (κ2) is 4.93. The lowest BCUT2D eigenvalue weighted by Gasteiger charge is -2.18. The van der Waals surface area contributed by atoms with E-state index in [1.165, 1.54) is 14.1 Å². The van der Waals surface area contributed by atoms with Crippen LogP contribution in [-0.2, 0) is 14.1 Å². The van der Waals surface area contributed by atoms with Gasteiger partial charge in [0.1, 0.15) is 6.10 Å². The zero-order chi connectivity index (χ0) is 13.3. The van der Waals surface area contributed by atoms with Gasteiger partial charge in [-0.15, -0.1) is 5.10 Å². The molecule has 1 aromatic heterocycles. The molecule has 0 aliphatic heterocycles. The molecule has 2 unspecified atom stereocenters. The van der Waals surface area contributed by atoms with Crippen LogP contribution in [0.25, 0.3) is 0 Å². The predicted octanol–water partition coefficient (Wildman–Crippen LogP) is -1.01. The van der Waals surface area contributed by atoms with Crippen LogP contribution in [0.5, 0.6) is 5.88 Å². The Bertz CT molecular complexity index is 548. The van der Waals surface area contributed by atoms with Gasteiger partial charge >= 0.3 is 11.2 Å². The van der Waals surface area contributed by atoms with E-state index < -0.39 is 11.2 Å². The number of hydrogen-bond donors (Lipinski definition) is 1. The molecular formula is C11H18N4O3. The standard InChI is InChI=1S/C11H18N4O3/c1-14-10(16)9(13-15(2)11(14)17)18-8-5-3-4-7(8)6-12/h7-8H,3-6,12H2,1-2H3. The van der Waals surface area contributed by atoms with Gasteiger partial charge in [-0.2, -0.15) is 0 Å². The van der Waals surface area contributed by atoms with Gasteiger partial charge in [-0.3, -0.25) is 9.36 Å². The van der Waals surface area contributed by atoms with Crippen LogP contribution in [0.1, 0.15) is 19.3 Å². The summed E-state index contributed by atoms with van der Waals surface area (Å²) in [5.74, 6) is 0.235. The third-order valence-corrected chi connectivity index (χ3v) is 3.45. The molecule has 7 nitrogen and oxygen atoms in total.